The molecule has 0 aromatic rings. The van der Waals surface area contributed by atoms with Crippen molar-refractivity contribution in [1.82, 2.24) is 0 Å². The minimum atomic E-state index is -1.50. The molecule has 0 aliphatic heterocycles. The third-order valence-electron chi connectivity index (χ3n) is 20.8. The summed E-state index contributed by atoms with van der Waals surface area (Å²) in [5.41, 5.74) is -1.50. The van der Waals surface area contributed by atoms with Crippen molar-refractivity contribution in [2.45, 2.75) is 439 Å². The molecule has 0 atom stereocenters. The fourth-order valence-corrected chi connectivity index (χ4v) is 16.6. The van der Waals surface area contributed by atoms with E-state index in [9.17, 15) is 38.4 Å². The predicted octanol–water partition coefficient (Wildman–Crippen LogP) is 26.3. The van der Waals surface area contributed by atoms with E-state index in [2.05, 4.69) is 27.7 Å². The number of ether oxygens (including phenoxy) is 8. The molecular formula is C93H172O16S4. The van der Waals surface area contributed by atoms with Gasteiger partial charge >= 0.3 is 47.8 Å². The van der Waals surface area contributed by atoms with Crippen LogP contribution < -0.4 is 0 Å². The lowest BCUT2D eigenvalue weighted by Gasteiger charge is -2.31. The van der Waals surface area contributed by atoms with Crippen LogP contribution in [-0.4, -0.2) is 147 Å². The maximum Gasteiger partial charge on any atom is 0.306 e. The molecule has 0 rings (SSSR count). The van der Waals surface area contributed by atoms with Gasteiger partial charge in [-0.3, -0.25) is 38.4 Å². The molecule has 0 spiro atoms. The van der Waals surface area contributed by atoms with Crippen LogP contribution in [0, 0.1) is 5.41 Å². The van der Waals surface area contributed by atoms with Gasteiger partial charge in [0, 0.05) is 46.0 Å². The van der Waals surface area contributed by atoms with E-state index in [-0.39, 0.29) is 75.2 Å². The third kappa shape index (κ3) is 85.4. The smallest absolute Gasteiger partial charge is 0.306 e. The van der Waals surface area contributed by atoms with E-state index >= 15 is 0 Å². The van der Waals surface area contributed by atoms with Crippen LogP contribution in [0.3, 0.4) is 0 Å². The monoisotopic (exact) mass is 1670 g/mol. The SMILES string of the molecule is CCCCCCCCCCCCCCCCOC(=O)CCSCCC(=O)OCC(COC(=O)CCSCCC(=O)OCCCCCCCCCCCCCCCC)(COC(=O)CCSCCC(=O)OCCCCCCCCCCCCCCCC)COC(=O)CCSCCC(=O)OCCCCCCCCCCCCCCCC. The number of unbranched alkanes of at least 4 members (excludes halogenated alkanes) is 52. The quantitative estimate of drug-likeness (QED) is 0.0315. The largest absolute Gasteiger partial charge is 0.466 e. The fraction of sp³-hybridized carbons (Fsp3) is 0.914. The Morgan fingerprint density at radius 2 is 0.283 bits per heavy atom. The molecule has 0 fully saturated rings. The van der Waals surface area contributed by atoms with Crippen molar-refractivity contribution in [3.63, 3.8) is 0 Å². The van der Waals surface area contributed by atoms with E-state index in [1.165, 1.54) is 330 Å². The maximum absolute atomic E-state index is 13.5. The Morgan fingerprint density at radius 3 is 0.416 bits per heavy atom. The zero-order valence-electron chi connectivity index (χ0n) is 73.2. The minimum Gasteiger partial charge on any atom is -0.466 e. The Morgan fingerprint density at radius 1 is 0.168 bits per heavy atom. The van der Waals surface area contributed by atoms with Gasteiger partial charge in [0.1, 0.15) is 31.8 Å². The summed E-state index contributed by atoms with van der Waals surface area (Å²) in [7, 11) is 0. The van der Waals surface area contributed by atoms with Gasteiger partial charge in [-0.15, -0.1) is 0 Å². The maximum atomic E-state index is 13.5. The molecule has 0 aromatic carbocycles. The highest BCUT2D eigenvalue weighted by molar-refractivity contribution is 7.99. The first-order valence-corrected chi connectivity index (χ1v) is 51.6. The molecule has 0 aliphatic carbocycles. The van der Waals surface area contributed by atoms with Crippen LogP contribution in [0.1, 0.15) is 439 Å². The summed E-state index contributed by atoms with van der Waals surface area (Å²) in [6.45, 7) is 8.96. The minimum absolute atomic E-state index is 0.00701. The van der Waals surface area contributed by atoms with Crippen LogP contribution in [-0.2, 0) is 76.3 Å². The van der Waals surface area contributed by atoms with Gasteiger partial charge in [0.2, 0.25) is 0 Å². The van der Waals surface area contributed by atoms with Crippen LogP contribution in [0.2, 0.25) is 0 Å². The first kappa shape index (κ1) is 110. The van der Waals surface area contributed by atoms with E-state index in [1.807, 2.05) is 0 Å². The zero-order chi connectivity index (χ0) is 82.2. The van der Waals surface area contributed by atoms with Gasteiger partial charge in [-0.25, -0.2) is 0 Å². The summed E-state index contributed by atoms with van der Waals surface area (Å²) < 4.78 is 45.5. The molecule has 664 valence electrons. The van der Waals surface area contributed by atoms with Gasteiger partial charge in [-0.2, -0.15) is 47.0 Å². The van der Waals surface area contributed by atoms with E-state index in [1.54, 1.807) is 0 Å². The molecule has 0 saturated heterocycles. The number of rotatable bonds is 92. The summed E-state index contributed by atoms with van der Waals surface area (Å²) >= 11 is 5.70. The lowest BCUT2D eigenvalue weighted by molar-refractivity contribution is -0.170. The Bertz CT molecular complexity index is 1860. The first-order chi connectivity index (χ1) is 55.4. The topological polar surface area (TPSA) is 210 Å². The summed E-state index contributed by atoms with van der Waals surface area (Å²) in [5.74, 6) is -0.118. The second kappa shape index (κ2) is 89.9. The van der Waals surface area contributed by atoms with Crippen LogP contribution in [0.5, 0.6) is 0 Å². The Balaban J connectivity index is 5.61. The van der Waals surface area contributed by atoms with Crippen molar-refractivity contribution in [1.29, 1.82) is 0 Å². The van der Waals surface area contributed by atoms with Crippen LogP contribution in [0.25, 0.3) is 0 Å². The van der Waals surface area contributed by atoms with Gasteiger partial charge < -0.3 is 37.9 Å². The number of hydrogen-bond donors (Lipinski definition) is 0. The molecule has 0 N–H and O–H groups in total. The molecule has 0 aliphatic rings. The molecule has 113 heavy (non-hydrogen) atoms. The molecule has 0 radical (unpaired) electrons. The van der Waals surface area contributed by atoms with Gasteiger partial charge in [0.05, 0.1) is 77.8 Å². The number of esters is 8. The standard InChI is InChI=1S/C93H172O16S4/c1-5-9-13-17-21-25-29-33-37-41-45-49-53-57-69-102-85(94)61-73-110-77-65-89(98)106-81-93(82-107-90(99)66-78-111-74-62-86(95)103-70-58-54-50-46-42-38-34-30-26-22-18-14-10-6-2,83-108-91(100)67-79-112-75-63-87(96)104-71-59-55-51-47-43-39-35-31-27-23-19-15-11-7-3)84-109-92(101)68-80-113-76-64-88(97)105-72-60-56-52-48-44-40-36-32-28-24-20-16-12-8-4/h5-84H2,1-4H3. The normalized spacial score (nSPS) is 11.4. The van der Waals surface area contributed by atoms with E-state index in [4.69, 9.17) is 37.9 Å². The molecule has 0 unspecified atom stereocenters. The molecule has 0 bridgehead atoms. The average molecular weight is 1670 g/mol. The second-order valence-corrected chi connectivity index (χ2v) is 36.8. The van der Waals surface area contributed by atoms with E-state index < -0.39 is 55.7 Å². The van der Waals surface area contributed by atoms with Gasteiger partial charge in [0.25, 0.3) is 0 Å². The number of thioether (sulfide) groups is 4. The number of hydrogen-bond acceptors (Lipinski definition) is 20. The Labute approximate surface area is 709 Å². The van der Waals surface area contributed by atoms with Crippen LogP contribution in [0.15, 0.2) is 0 Å². The summed E-state index contributed by atoms with van der Waals surface area (Å²) in [6.07, 6.45) is 71.0. The van der Waals surface area contributed by atoms with Gasteiger partial charge in [-0.05, 0) is 25.7 Å². The molecule has 0 saturated carbocycles. The highest BCUT2D eigenvalue weighted by atomic mass is 32.2. The lowest BCUT2D eigenvalue weighted by Crippen LogP contribution is -2.44. The third-order valence-corrected chi connectivity index (χ3v) is 24.7. The Hall–Kier alpha value is -2.84. The zero-order valence-corrected chi connectivity index (χ0v) is 76.5. The number of carbonyl (C=O) groups excluding carboxylic acids is 8. The molecule has 20 heteroatoms. The summed E-state index contributed by atoms with van der Waals surface area (Å²) in [5, 5.41) is 0. The van der Waals surface area contributed by atoms with Crippen molar-refractivity contribution in [3.05, 3.63) is 0 Å². The van der Waals surface area contributed by atoms with Gasteiger partial charge in [-0.1, -0.05) is 362 Å². The molecule has 16 nitrogen and oxygen atoms in total. The van der Waals surface area contributed by atoms with Gasteiger partial charge in [0.15, 0.2) is 0 Å². The number of carbonyl (C=O) groups is 8. The fourth-order valence-electron chi connectivity index (χ4n) is 13.3. The molecule has 0 aromatic heterocycles. The highest BCUT2D eigenvalue weighted by Crippen LogP contribution is 2.25. The lowest BCUT2D eigenvalue weighted by atomic mass is 9.92. The predicted molar refractivity (Wildman–Crippen MR) is 478 cm³/mol. The van der Waals surface area contributed by atoms with Crippen LogP contribution in [0.4, 0.5) is 0 Å². The second-order valence-electron chi connectivity index (χ2n) is 31.9. The van der Waals surface area contributed by atoms with Crippen molar-refractivity contribution >= 4 is 94.8 Å². The summed E-state index contributed by atoms with van der Waals surface area (Å²) in [6, 6.07) is 0. The van der Waals surface area contributed by atoms with Crippen molar-refractivity contribution < 1.29 is 76.3 Å². The van der Waals surface area contributed by atoms with Crippen molar-refractivity contribution in [3.8, 4) is 0 Å². The van der Waals surface area contributed by atoms with Crippen molar-refractivity contribution in [2.75, 3.05) is 98.9 Å². The summed E-state index contributed by atoms with van der Waals surface area (Å²) in [4.78, 5) is 104. The highest BCUT2D eigenvalue weighted by Gasteiger charge is 2.38. The van der Waals surface area contributed by atoms with E-state index in [0.717, 1.165) is 77.0 Å². The first-order valence-electron chi connectivity index (χ1n) is 47.0. The average Bonchev–Trinajstić information content (AvgIpc) is 0.852. The Kier molecular flexibility index (Phi) is 87.7. The van der Waals surface area contributed by atoms with Crippen LogP contribution >= 0.6 is 47.0 Å². The molecule has 0 heterocycles. The molecule has 0 amide bonds. The van der Waals surface area contributed by atoms with E-state index in [0.29, 0.717) is 72.5 Å². The van der Waals surface area contributed by atoms with Crippen molar-refractivity contribution in [2.24, 2.45) is 5.41 Å². The molecular weight excluding hydrogens is 1500 g/mol.